The van der Waals surface area contributed by atoms with Crippen LogP contribution < -0.4 is 5.32 Å². The van der Waals surface area contributed by atoms with Crippen LogP contribution in [0.25, 0.3) is 16.6 Å². The van der Waals surface area contributed by atoms with E-state index in [1.165, 1.54) is 10.3 Å². The van der Waals surface area contributed by atoms with Crippen molar-refractivity contribution in [2.24, 2.45) is 0 Å². The van der Waals surface area contributed by atoms with Crippen molar-refractivity contribution in [3.63, 3.8) is 0 Å². The number of amides is 1. The van der Waals surface area contributed by atoms with Gasteiger partial charge in [-0.2, -0.15) is 9.90 Å². The van der Waals surface area contributed by atoms with E-state index in [0.29, 0.717) is 11.4 Å². The first-order valence-electron chi connectivity index (χ1n) is 9.05. The van der Waals surface area contributed by atoms with Crippen LogP contribution in [0.15, 0.2) is 60.8 Å². The van der Waals surface area contributed by atoms with Crippen LogP contribution in [0.5, 0.6) is 0 Å². The van der Waals surface area contributed by atoms with Gasteiger partial charge < -0.3 is 9.88 Å². The van der Waals surface area contributed by atoms with Crippen LogP contribution in [-0.2, 0) is 6.54 Å². The van der Waals surface area contributed by atoms with Gasteiger partial charge in [-0.15, -0.1) is 5.10 Å². The maximum atomic E-state index is 12.7. The van der Waals surface area contributed by atoms with E-state index in [1.807, 2.05) is 48.5 Å². The third kappa shape index (κ3) is 3.33. The molecule has 4 aromatic rings. The number of hydrogen-bond donors (Lipinski definition) is 1. The third-order valence-electron chi connectivity index (χ3n) is 4.48. The molecule has 1 amide bonds. The molecule has 0 aliphatic carbocycles. The molecule has 27 heavy (non-hydrogen) atoms. The predicted molar refractivity (Wildman–Crippen MR) is 106 cm³/mol. The number of carbonyl (C=O) groups excluding carboxylic acids is 1. The molecule has 0 aliphatic rings. The van der Waals surface area contributed by atoms with E-state index in [1.54, 1.807) is 6.92 Å². The summed E-state index contributed by atoms with van der Waals surface area (Å²) in [5.74, 6) is -0.262. The quantitative estimate of drug-likeness (QED) is 0.581. The Labute approximate surface area is 157 Å². The Hall–Kier alpha value is -3.41. The fourth-order valence-electron chi connectivity index (χ4n) is 3.17. The predicted octanol–water partition coefficient (Wildman–Crippen LogP) is 4.19. The van der Waals surface area contributed by atoms with Crippen LogP contribution in [-0.4, -0.2) is 25.5 Å². The summed E-state index contributed by atoms with van der Waals surface area (Å²) in [4.78, 5) is 14.2. The first kappa shape index (κ1) is 17.0. The van der Waals surface area contributed by atoms with Crippen molar-refractivity contribution in [1.82, 2.24) is 19.6 Å². The van der Waals surface area contributed by atoms with Gasteiger partial charge in [-0.25, -0.2) is 0 Å². The van der Waals surface area contributed by atoms with Crippen molar-refractivity contribution in [2.45, 2.75) is 26.8 Å². The summed E-state index contributed by atoms with van der Waals surface area (Å²) in [6.07, 6.45) is 3.16. The maximum Gasteiger partial charge on any atom is 0.278 e. The highest BCUT2D eigenvalue weighted by Crippen LogP contribution is 2.21. The summed E-state index contributed by atoms with van der Waals surface area (Å²) in [5.41, 5.74) is 3.64. The number of anilines is 1. The summed E-state index contributed by atoms with van der Waals surface area (Å²) in [7, 11) is 0. The largest absolute Gasteiger partial charge is 0.347 e. The Morgan fingerprint density at radius 1 is 1.07 bits per heavy atom. The van der Waals surface area contributed by atoms with Crippen LogP contribution >= 0.6 is 0 Å². The number of benzene rings is 2. The van der Waals surface area contributed by atoms with Gasteiger partial charge in [0.25, 0.3) is 5.91 Å². The number of rotatable bonds is 5. The lowest BCUT2D eigenvalue weighted by molar-refractivity contribution is 0.102. The van der Waals surface area contributed by atoms with Crippen molar-refractivity contribution < 1.29 is 4.79 Å². The first-order valence-corrected chi connectivity index (χ1v) is 9.05. The number of para-hydroxylation sites is 1. The maximum absolute atomic E-state index is 12.7. The Bertz CT molecular complexity index is 1090. The molecule has 0 radical (unpaired) electrons. The number of fused-ring (bicyclic) bond motifs is 1. The van der Waals surface area contributed by atoms with Crippen LogP contribution in [0.2, 0.25) is 0 Å². The summed E-state index contributed by atoms with van der Waals surface area (Å²) in [5, 5.41) is 12.8. The van der Waals surface area contributed by atoms with Crippen molar-refractivity contribution in [2.75, 3.05) is 5.32 Å². The molecule has 6 nitrogen and oxygen atoms in total. The third-order valence-corrected chi connectivity index (χ3v) is 4.48. The van der Waals surface area contributed by atoms with E-state index in [9.17, 15) is 4.79 Å². The number of nitrogens with zero attached hydrogens (tertiary/aromatic N) is 4. The van der Waals surface area contributed by atoms with Crippen LogP contribution in [0.1, 0.15) is 29.5 Å². The molecule has 0 fully saturated rings. The first-order chi connectivity index (χ1) is 13.2. The zero-order chi connectivity index (χ0) is 18.8. The minimum atomic E-state index is -0.262. The molecule has 0 atom stereocenters. The summed E-state index contributed by atoms with van der Waals surface area (Å²) in [6, 6.07) is 17.6. The molecule has 0 unspecified atom stereocenters. The average Bonchev–Trinajstić information content (AvgIpc) is 3.26. The van der Waals surface area contributed by atoms with Gasteiger partial charge in [0.05, 0.1) is 11.4 Å². The smallest absolute Gasteiger partial charge is 0.278 e. The molecular formula is C21H21N5O. The van der Waals surface area contributed by atoms with E-state index < -0.39 is 0 Å². The van der Waals surface area contributed by atoms with Gasteiger partial charge in [-0.3, -0.25) is 4.79 Å². The second kappa shape index (κ2) is 7.07. The fraction of sp³-hybridized carbons (Fsp3) is 0.190. The Balaban J connectivity index is 1.57. The zero-order valence-electron chi connectivity index (χ0n) is 15.4. The molecular weight excluding hydrogens is 338 g/mol. The normalized spacial score (nSPS) is 11.0. The second-order valence-corrected chi connectivity index (χ2v) is 6.50. The minimum Gasteiger partial charge on any atom is -0.347 e. The Morgan fingerprint density at radius 2 is 1.89 bits per heavy atom. The molecule has 4 rings (SSSR count). The van der Waals surface area contributed by atoms with Crippen molar-refractivity contribution >= 4 is 22.5 Å². The molecule has 0 bridgehead atoms. The standard InChI is InChI=1S/C21H21N5O/c1-3-12-25-13-11-16-14-17(9-10-19(16)25)22-21(27)20-15(2)23-26(24-20)18-7-5-4-6-8-18/h4-11,13-14H,3,12H2,1-2H3,(H,22,27). The molecule has 1 N–H and O–H groups in total. The Kier molecular flexibility index (Phi) is 4.46. The van der Waals surface area contributed by atoms with E-state index in [4.69, 9.17) is 0 Å². The number of aryl methyl sites for hydroxylation is 2. The van der Waals surface area contributed by atoms with Crippen molar-refractivity contribution in [1.29, 1.82) is 0 Å². The van der Waals surface area contributed by atoms with Gasteiger partial charge in [0.15, 0.2) is 5.69 Å². The van der Waals surface area contributed by atoms with E-state index in [0.717, 1.165) is 29.7 Å². The molecule has 0 saturated heterocycles. The monoisotopic (exact) mass is 359 g/mol. The van der Waals surface area contributed by atoms with Crippen LogP contribution in [0.3, 0.4) is 0 Å². The molecule has 136 valence electrons. The van der Waals surface area contributed by atoms with Gasteiger partial charge in [-0.1, -0.05) is 25.1 Å². The topological polar surface area (TPSA) is 64.7 Å². The lowest BCUT2D eigenvalue weighted by Gasteiger charge is -2.06. The molecule has 6 heteroatoms. The highest BCUT2D eigenvalue weighted by molar-refractivity contribution is 6.04. The minimum absolute atomic E-state index is 0.262. The van der Waals surface area contributed by atoms with E-state index in [-0.39, 0.29) is 5.91 Å². The number of hydrogen-bond acceptors (Lipinski definition) is 3. The van der Waals surface area contributed by atoms with Gasteiger partial charge in [0.2, 0.25) is 0 Å². The molecule has 0 spiro atoms. The molecule has 2 aromatic heterocycles. The average molecular weight is 359 g/mol. The summed E-state index contributed by atoms with van der Waals surface area (Å²) < 4.78 is 2.22. The number of aromatic nitrogens is 4. The van der Waals surface area contributed by atoms with E-state index >= 15 is 0 Å². The SMILES string of the molecule is CCCn1ccc2cc(NC(=O)c3nn(-c4ccccc4)nc3C)ccc21. The highest BCUT2D eigenvalue weighted by atomic mass is 16.2. The lowest BCUT2D eigenvalue weighted by Crippen LogP contribution is -2.14. The summed E-state index contributed by atoms with van der Waals surface area (Å²) >= 11 is 0. The molecule has 0 saturated carbocycles. The van der Waals surface area contributed by atoms with Crippen LogP contribution in [0.4, 0.5) is 5.69 Å². The van der Waals surface area contributed by atoms with Crippen LogP contribution in [0, 0.1) is 6.92 Å². The van der Waals surface area contributed by atoms with Crippen molar-refractivity contribution in [3.05, 3.63) is 72.2 Å². The van der Waals surface area contributed by atoms with Gasteiger partial charge in [-0.05, 0) is 49.7 Å². The highest BCUT2D eigenvalue weighted by Gasteiger charge is 2.17. The van der Waals surface area contributed by atoms with Gasteiger partial charge in [0.1, 0.15) is 0 Å². The summed E-state index contributed by atoms with van der Waals surface area (Å²) in [6.45, 7) is 4.93. The molecule has 2 aromatic carbocycles. The lowest BCUT2D eigenvalue weighted by atomic mass is 10.2. The second-order valence-electron chi connectivity index (χ2n) is 6.50. The van der Waals surface area contributed by atoms with Gasteiger partial charge in [0, 0.05) is 29.3 Å². The Morgan fingerprint density at radius 3 is 2.67 bits per heavy atom. The number of nitrogens with one attached hydrogen (secondary N) is 1. The molecule has 0 aliphatic heterocycles. The van der Waals surface area contributed by atoms with Gasteiger partial charge >= 0.3 is 0 Å². The number of carbonyl (C=O) groups is 1. The zero-order valence-corrected chi connectivity index (χ0v) is 15.4. The fourth-order valence-corrected chi connectivity index (χ4v) is 3.17. The van der Waals surface area contributed by atoms with E-state index in [2.05, 4.69) is 39.3 Å². The van der Waals surface area contributed by atoms with Crippen molar-refractivity contribution in [3.8, 4) is 5.69 Å². The molecule has 2 heterocycles.